The monoisotopic (exact) mass is 191 g/mol. The van der Waals surface area contributed by atoms with E-state index in [0.717, 1.165) is 17.8 Å². The predicted octanol–water partition coefficient (Wildman–Crippen LogP) is 0.682. The molecular weight excluding hydrogens is 178 g/mol. The van der Waals surface area contributed by atoms with Gasteiger partial charge < -0.3 is 5.73 Å². The van der Waals surface area contributed by atoms with E-state index in [1.165, 1.54) is 0 Å². The van der Waals surface area contributed by atoms with Crippen LogP contribution in [0.1, 0.15) is 12.5 Å². The average Bonchev–Trinajstić information content (AvgIpc) is 2.47. The molecule has 1 aromatic carbocycles. The second kappa shape index (κ2) is 3.31. The van der Waals surface area contributed by atoms with Crippen molar-refractivity contribution in [2.75, 3.05) is 17.3 Å². The number of amides is 1. The van der Waals surface area contributed by atoms with Gasteiger partial charge in [-0.25, -0.2) is 10.4 Å². The number of rotatable bonds is 2. The van der Waals surface area contributed by atoms with Crippen LogP contribution in [0.2, 0.25) is 0 Å². The van der Waals surface area contributed by atoms with Crippen molar-refractivity contribution in [2.24, 2.45) is 0 Å². The van der Waals surface area contributed by atoms with Crippen LogP contribution in [0.15, 0.2) is 18.2 Å². The SMILES string of the molecule is CCNN1C(=O)Cc2c(N)cccc21. The molecule has 1 aromatic rings. The van der Waals surface area contributed by atoms with Crippen molar-refractivity contribution in [3.05, 3.63) is 23.8 Å². The van der Waals surface area contributed by atoms with Gasteiger partial charge >= 0.3 is 0 Å². The fourth-order valence-electron chi connectivity index (χ4n) is 1.69. The molecule has 2 rings (SSSR count). The maximum atomic E-state index is 11.6. The molecule has 3 N–H and O–H groups in total. The number of hydrogen-bond acceptors (Lipinski definition) is 3. The first kappa shape index (κ1) is 9.02. The van der Waals surface area contributed by atoms with E-state index in [1.54, 1.807) is 5.01 Å². The Balaban J connectivity index is 2.42. The predicted molar refractivity (Wildman–Crippen MR) is 55.7 cm³/mol. The average molecular weight is 191 g/mol. The number of carbonyl (C=O) groups is 1. The number of nitrogen functional groups attached to an aromatic ring is 1. The van der Waals surface area contributed by atoms with Crippen molar-refractivity contribution in [3.8, 4) is 0 Å². The van der Waals surface area contributed by atoms with Crippen LogP contribution in [0.5, 0.6) is 0 Å². The third-order valence-corrected chi connectivity index (χ3v) is 2.32. The fraction of sp³-hybridized carbons (Fsp3) is 0.300. The summed E-state index contributed by atoms with van der Waals surface area (Å²) in [6.07, 6.45) is 0.398. The zero-order valence-corrected chi connectivity index (χ0v) is 8.08. The highest BCUT2D eigenvalue weighted by atomic mass is 16.2. The van der Waals surface area contributed by atoms with Crippen molar-refractivity contribution >= 4 is 17.3 Å². The van der Waals surface area contributed by atoms with Crippen LogP contribution >= 0.6 is 0 Å². The molecule has 0 saturated carbocycles. The molecule has 0 spiro atoms. The second-order valence-electron chi connectivity index (χ2n) is 3.26. The summed E-state index contributed by atoms with van der Waals surface area (Å²) in [5.74, 6) is 0.0553. The Labute approximate surface area is 82.7 Å². The number of hydrazine groups is 1. The Hall–Kier alpha value is -1.55. The molecule has 0 fully saturated rings. The Kier molecular flexibility index (Phi) is 2.13. The summed E-state index contributed by atoms with van der Waals surface area (Å²) in [4.78, 5) is 11.6. The van der Waals surface area contributed by atoms with E-state index in [-0.39, 0.29) is 5.91 Å². The normalized spacial score (nSPS) is 14.6. The van der Waals surface area contributed by atoms with E-state index in [4.69, 9.17) is 5.73 Å². The van der Waals surface area contributed by atoms with Gasteiger partial charge in [0.15, 0.2) is 0 Å². The van der Waals surface area contributed by atoms with E-state index in [2.05, 4.69) is 5.43 Å². The molecule has 74 valence electrons. The molecule has 4 nitrogen and oxygen atoms in total. The van der Waals surface area contributed by atoms with Gasteiger partial charge in [-0.3, -0.25) is 4.79 Å². The second-order valence-corrected chi connectivity index (χ2v) is 3.26. The van der Waals surface area contributed by atoms with Gasteiger partial charge in [0.1, 0.15) is 0 Å². The van der Waals surface area contributed by atoms with Gasteiger partial charge in [-0.05, 0) is 12.1 Å². The van der Waals surface area contributed by atoms with E-state index in [9.17, 15) is 4.79 Å². The molecule has 0 aromatic heterocycles. The molecule has 0 radical (unpaired) electrons. The van der Waals surface area contributed by atoms with Gasteiger partial charge in [-0.2, -0.15) is 0 Å². The molecule has 1 amide bonds. The molecule has 1 aliphatic rings. The molecule has 4 heteroatoms. The highest BCUT2D eigenvalue weighted by Crippen LogP contribution is 2.31. The van der Waals surface area contributed by atoms with E-state index in [1.807, 2.05) is 25.1 Å². The molecular formula is C10H13N3O. The zero-order valence-electron chi connectivity index (χ0n) is 8.08. The first-order chi connectivity index (χ1) is 6.74. The molecule has 0 bridgehead atoms. The molecule has 1 heterocycles. The maximum Gasteiger partial charge on any atom is 0.245 e. The number of nitrogens with two attached hydrogens (primary N) is 1. The minimum Gasteiger partial charge on any atom is -0.398 e. The van der Waals surface area contributed by atoms with Gasteiger partial charge in [0.25, 0.3) is 0 Å². The van der Waals surface area contributed by atoms with Gasteiger partial charge in [-0.1, -0.05) is 13.0 Å². The maximum absolute atomic E-state index is 11.6. The summed E-state index contributed by atoms with van der Waals surface area (Å²) in [6.45, 7) is 2.68. The van der Waals surface area contributed by atoms with Crippen LogP contribution in [0.25, 0.3) is 0 Å². The van der Waals surface area contributed by atoms with Crippen molar-refractivity contribution in [1.29, 1.82) is 0 Å². The number of benzene rings is 1. The number of nitrogens with zero attached hydrogens (tertiary/aromatic N) is 1. The number of hydrogen-bond donors (Lipinski definition) is 2. The summed E-state index contributed by atoms with van der Waals surface area (Å²) in [5, 5.41) is 1.58. The topological polar surface area (TPSA) is 58.4 Å². The highest BCUT2D eigenvalue weighted by Gasteiger charge is 2.27. The third kappa shape index (κ3) is 1.24. The van der Waals surface area contributed by atoms with E-state index < -0.39 is 0 Å². The number of anilines is 2. The van der Waals surface area contributed by atoms with Crippen LogP contribution in [0.3, 0.4) is 0 Å². The number of fused-ring (bicyclic) bond motifs is 1. The quantitative estimate of drug-likeness (QED) is 0.676. The molecule has 0 saturated heterocycles. The van der Waals surface area contributed by atoms with Gasteiger partial charge in [0, 0.05) is 17.8 Å². The first-order valence-electron chi connectivity index (χ1n) is 4.68. The summed E-state index contributed by atoms with van der Waals surface area (Å²) < 4.78 is 0. The molecule has 0 unspecified atom stereocenters. The van der Waals surface area contributed by atoms with E-state index in [0.29, 0.717) is 12.1 Å². The Morgan fingerprint density at radius 3 is 3.07 bits per heavy atom. The van der Waals surface area contributed by atoms with Crippen LogP contribution in [0, 0.1) is 0 Å². The Bertz CT molecular complexity index is 376. The van der Waals surface area contributed by atoms with Crippen LogP contribution in [-0.2, 0) is 11.2 Å². The van der Waals surface area contributed by atoms with Gasteiger partial charge in [0.05, 0.1) is 12.1 Å². The number of nitrogens with one attached hydrogen (secondary N) is 1. The Morgan fingerprint density at radius 2 is 2.36 bits per heavy atom. The minimum atomic E-state index is 0.0553. The lowest BCUT2D eigenvalue weighted by Crippen LogP contribution is -2.40. The Morgan fingerprint density at radius 1 is 1.57 bits per heavy atom. The summed E-state index contributed by atoms with van der Waals surface area (Å²) >= 11 is 0. The summed E-state index contributed by atoms with van der Waals surface area (Å²) in [7, 11) is 0. The van der Waals surface area contributed by atoms with Crippen LogP contribution in [0.4, 0.5) is 11.4 Å². The molecule has 0 aliphatic carbocycles. The molecule has 0 atom stereocenters. The largest absolute Gasteiger partial charge is 0.398 e. The first-order valence-corrected chi connectivity index (χ1v) is 4.68. The molecule has 1 aliphatic heterocycles. The van der Waals surface area contributed by atoms with Crippen molar-refractivity contribution < 1.29 is 4.79 Å². The van der Waals surface area contributed by atoms with Gasteiger partial charge in [0.2, 0.25) is 5.91 Å². The smallest absolute Gasteiger partial charge is 0.245 e. The van der Waals surface area contributed by atoms with E-state index >= 15 is 0 Å². The van der Waals surface area contributed by atoms with Crippen LogP contribution < -0.4 is 16.2 Å². The fourth-order valence-corrected chi connectivity index (χ4v) is 1.69. The van der Waals surface area contributed by atoms with Gasteiger partial charge in [-0.15, -0.1) is 0 Å². The van der Waals surface area contributed by atoms with Crippen molar-refractivity contribution in [3.63, 3.8) is 0 Å². The lowest BCUT2D eigenvalue weighted by Gasteiger charge is -2.17. The van der Waals surface area contributed by atoms with Crippen molar-refractivity contribution in [2.45, 2.75) is 13.3 Å². The standard InChI is InChI=1S/C10H13N3O/c1-2-12-13-9-5-3-4-8(11)7(9)6-10(13)14/h3-5,12H,2,6,11H2,1H3. The summed E-state index contributed by atoms with van der Waals surface area (Å²) in [5.41, 5.74) is 11.3. The van der Waals surface area contributed by atoms with Crippen molar-refractivity contribution in [1.82, 2.24) is 5.43 Å². The summed E-state index contributed by atoms with van der Waals surface area (Å²) in [6, 6.07) is 5.58. The number of carbonyl (C=O) groups excluding carboxylic acids is 1. The highest BCUT2D eigenvalue weighted by molar-refractivity contribution is 6.02. The lowest BCUT2D eigenvalue weighted by molar-refractivity contribution is -0.118. The lowest BCUT2D eigenvalue weighted by atomic mass is 10.1. The van der Waals surface area contributed by atoms with Crippen LogP contribution in [-0.4, -0.2) is 12.5 Å². The third-order valence-electron chi connectivity index (χ3n) is 2.32. The zero-order chi connectivity index (χ0) is 10.1. The minimum absolute atomic E-state index is 0.0553. The molecule has 14 heavy (non-hydrogen) atoms.